The number of carbonyl (C=O) groups is 1. The second-order valence-corrected chi connectivity index (χ2v) is 6.75. The van der Waals surface area contributed by atoms with Crippen molar-refractivity contribution in [2.45, 2.75) is 25.9 Å². The molecule has 0 aromatic heterocycles. The maximum atomic E-state index is 11.1. The summed E-state index contributed by atoms with van der Waals surface area (Å²) in [7, 11) is 0.309. The summed E-state index contributed by atoms with van der Waals surface area (Å²) in [6.07, 6.45) is 0.606. The van der Waals surface area contributed by atoms with Crippen LogP contribution in [0, 0.1) is 0 Å². The van der Waals surface area contributed by atoms with Crippen molar-refractivity contribution in [3.63, 3.8) is 0 Å². The summed E-state index contributed by atoms with van der Waals surface area (Å²) in [6.45, 7) is 7.17. The third-order valence-corrected chi connectivity index (χ3v) is 4.18. The number of esters is 1. The second-order valence-electron chi connectivity index (χ2n) is 3.65. The van der Waals surface area contributed by atoms with Crippen molar-refractivity contribution >= 4 is 14.5 Å². The van der Waals surface area contributed by atoms with Crippen molar-refractivity contribution < 1.29 is 28.5 Å². The van der Waals surface area contributed by atoms with Crippen LogP contribution in [0.1, 0.15) is 13.3 Å². The van der Waals surface area contributed by atoms with E-state index in [1.54, 1.807) is 13.5 Å². The van der Waals surface area contributed by atoms with Crippen molar-refractivity contribution in [3.8, 4) is 0 Å². The second kappa shape index (κ2) is 8.37. The maximum absolute atomic E-state index is 11.1. The molecule has 0 aliphatic rings. The van der Waals surface area contributed by atoms with Gasteiger partial charge in [0.1, 0.15) is 0 Å². The Kier molecular flexibility index (Phi) is 8.01. The molecule has 0 aromatic carbocycles. The smallest absolute Gasteiger partial charge is 0.406 e. The summed E-state index contributed by atoms with van der Waals surface area (Å²) in [5, 5.41) is 0. The van der Waals surface area contributed by atoms with Gasteiger partial charge in [0, 0.05) is 5.57 Å². The molecule has 6 nitrogen and oxygen atoms in total. The van der Waals surface area contributed by atoms with Gasteiger partial charge in [0.15, 0.2) is 0 Å². The Balaban J connectivity index is 3.90. The summed E-state index contributed by atoms with van der Waals surface area (Å²) in [5.74, 6) is -0.395. The highest BCUT2D eigenvalue weighted by molar-refractivity contribution is 6.65. The lowest BCUT2D eigenvalue weighted by atomic mass is 10.4. The fourth-order valence-corrected chi connectivity index (χ4v) is 2.82. The molecule has 0 bridgehead atoms. The van der Waals surface area contributed by atoms with Gasteiger partial charge in [-0.25, -0.2) is 23.7 Å². The van der Waals surface area contributed by atoms with Gasteiger partial charge in [0.05, 0.1) is 20.8 Å². The predicted molar refractivity (Wildman–Crippen MR) is 63.0 cm³/mol. The SMILES string of the molecule is C=C(C)C(=O)OCCC[Si](C)(OOC)OOC. The number of hydrogen-bond acceptors (Lipinski definition) is 6. The number of rotatable bonds is 9. The molecule has 7 heteroatoms. The minimum Gasteiger partial charge on any atom is -0.462 e. The normalized spacial score (nSPS) is 11.3. The van der Waals surface area contributed by atoms with Gasteiger partial charge in [-0.2, -0.15) is 0 Å². The van der Waals surface area contributed by atoms with E-state index < -0.39 is 14.5 Å². The van der Waals surface area contributed by atoms with Crippen LogP contribution in [0.2, 0.25) is 12.6 Å². The Labute approximate surface area is 103 Å². The minimum absolute atomic E-state index is 0.286. The minimum atomic E-state index is -2.51. The van der Waals surface area contributed by atoms with Crippen LogP contribution in [0.15, 0.2) is 12.2 Å². The van der Waals surface area contributed by atoms with Crippen LogP contribution in [0.5, 0.6) is 0 Å². The van der Waals surface area contributed by atoms with Crippen LogP contribution in [-0.4, -0.2) is 35.4 Å². The van der Waals surface area contributed by atoms with Crippen LogP contribution < -0.4 is 0 Å². The highest BCUT2D eigenvalue weighted by Crippen LogP contribution is 2.16. The van der Waals surface area contributed by atoms with Crippen molar-refractivity contribution in [2.75, 3.05) is 20.8 Å². The molecule has 17 heavy (non-hydrogen) atoms. The molecule has 0 aliphatic carbocycles. The molecule has 0 heterocycles. The molecule has 0 atom stereocenters. The van der Waals surface area contributed by atoms with E-state index in [9.17, 15) is 4.79 Å². The highest BCUT2D eigenvalue weighted by Gasteiger charge is 2.34. The van der Waals surface area contributed by atoms with E-state index >= 15 is 0 Å². The lowest BCUT2D eigenvalue weighted by Crippen LogP contribution is -2.38. The van der Waals surface area contributed by atoms with Gasteiger partial charge in [-0.3, -0.25) is 0 Å². The summed E-state index contributed by atoms with van der Waals surface area (Å²) in [6, 6.07) is 0.581. The molecule has 0 fully saturated rings. The largest absolute Gasteiger partial charge is 0.462 e. The Hall–Kier alpha value is -0.733. The molecular weight excluding hydrogens is 244 g/mol. The van der Waals surface area contributed by atoms with Gasteiger partial charge in [0.25, 0.3) is 0 Å². The van der Waals surface area contributed by atoms with Crippen LogP contribution in [0.3, 0.4) is 0 Å². The predicted octanol–water partition coefficient (Wildman–Crippen LogP) is 1.72. The standard InChI is InChI=1S/C10H20O6Si/c1-9(2)10(11)14-7-6-8-17(5,15-12-3)16-13-4/h1,6-8H2,2-5H3. The van der Waals surface area contributed by atoms with Gasteiger partial charge in [-0.1, -0.05) is 6.58 Å². The third-order valence-electron chi connectivity index (χ3n) is 1.88. The summed E-state index contributed by atoms with van der Waals surface area (Å²) >= 11 is 0. The van der Waals surface area contributed by atoms with E-state index in [0.29, 0.717) is 18.0 Å². The first kappa shape index (κ1) is 16.3. The van der Waals surface area contributed by atoms with Crippen molar-refractivity contribution in [1.29, 1.82) is 0 Å². The van der Waals surface area contributed by atoms with Gasteiger partial charge in [0.2, 0.25) is 0 Å². The third kappa shape index (κ3) is 7.24. The topological polar surface area (TPSA) is 63.2 Å². The lowest BCUT2D eigenvalue weighted by molar-refractivity contribution is -0.269. The van der Waals surface area contributed by atoms with Gasteiger partial charge in [-0.05, 0) is 25.9 Å². The molecule has 0 unspecified atom stereocenters. The average Bonchev–Trinajstić information content (AvgIpc) is 2.24. The quantitative estimate of drug-likeness (QED) is 0.158. The molecule has 0 amide bonds. The molecule has 0 spiro atoms. The number of hydrogen-bond donors (Lipinski definition) is 0. The highest BCUT2D eigenvalue weighted by atomic mass is 28.4. The molecule has 0 saturated carbocycles. The van der Waals surface area contributed by atoms with Gasteiger partial charge in [-0.15, -0.1) is 0 Å². The lowest BCUT2D eigenvalue weighted by Gasteiger charge is -2.21. The molecule has 0 aliphatic heterocycles. The molecule has 0 rings (SSSR count). The average molecular weight is 264 g/mol. The molecule has 0 aromatic rings. The van der Waals surface area contributed by atoms with Gasteiger partial charge >= 0.3 is 14.5 Å². The van der Waals surface area contributed by atoms with E-state index in [0.717, 1.165) is 0 Å². The summed E-state index contributed by atoms with van der Waals surface area (Å²) in [5.41, 5.74) is 0.381. The number of carbonyl (C=O) groups excluding carboxylic acids is 1. The fourth-order valence-electron chi connectivity index (χ4n) is 1.13. The van der Waals surface area contributed by atoms with E-state index in [4.69, 9.17) is 13.9 Å². The first-order valence-electron chi connectivity index (χ1n) is 5.21. The maximum Gasteiger partial charge on any atom is 0.406 e. The molecule has 0 radical (unpaired) electrons. The van der Waals surface area contributed by atoms with E-state index in [1.165, 1.54) is 14.2 Å². The van der Waals surface area contributed by atoms with Crippen LogP contribution in [0.25, 0.3) is 0 Å². The van der Waals surface area contributed by atoms with Gasteiger partial charge < -0.3 is 4.74 Å². The van der Waals surface area contributed by atoms with Crippen LogP contribution in [-0.2, 0) is 28.5 Å². The zero-order chi connectivity index (χ0) is 13.3. The molecule has 100 valence electrons. The van der Waals surface area contributed by atoms with Crippen molar-refractivity contribution in [3.05, 3.63) is 12.2 Å². The zero-order valence-electron chi connectivity index (χ0n) is 10.8. The van der Waals surface area contributed by atoms with Crippen LogP contribution in [0.4, 0.5) is 0 Å². The first-order valence-corrected chi connectivity index (χ1v) is 7.74. The molecule has 0 saturated heterocycles. The summed E-state index contributed by atoms with van der Waals surface area (Å²) in [4.78, 5) is 20.3. The Morgan fingerprint density at radius 1 is 1.24 bits per heavy atom. The van der Waals surface area contributed by atoms with E-state index in [-0.39, 0.29) is 6.61 Å². The number of ether oxygens (including phenoxy) is 1. The monoisotopic (exact) mass is 264 g/mol. The van der Waals surface area contributed by atoms with Crippen molar-refractivity contribution in [1.82, 2.24) is 0 Å². The molecule has 0 N–H and O–H groups in total. The molecular formula is C10H20O6Si. The Bertz CT molecular complexity index is 249. The van der Waals surface area contributed by atoms with Crippen molar-refractivity contribution in [2.24, 2.45) is 0 Å². The Morgan fingerprint density at radius 3 is 2.18 bits per heavy atom. The van der Waals surface area contributed by atoms with E-state index in [2.05, 4.69) is 16.4 Å². The van der Waals surface area contributed by atoms with Crippen LogP contribution >= 0.6 is 0 Å². The zero-order valence-corrected chi connectivity index (χ0v) is 11.8. The fraction of sp³-hybridized carbons (Fsp3) is 0.700. The first-order chi connectivity index (χ1) is 7.95. The summed E-state index contributed by atoms with van der Waals surface area (Å²) < 4.78 is 15.1. The van der Waals surface area contributed by atoms with E-state index in [1.807, 2.05) is 0 Å². The Morgan fingerprint density at radius 2 is 1.76 bits per heavy atom.